The van der Waals surface area contributed by atoms with Gasteiger partial charge in [0.05, 0.1) is 11.6 Å². The van der Waals surface area contributed by atoms with E-state index in [1.165, 1.54) is 0 Å². The van der Waals surface area contributed by atoms with Crippen molar-refractivity contribution in [2.75, 3.05) is 0 Å². The number of allylic oxidation sites excluding steroid dienone is 3. The molecular formula is C46H31N5O. The van der Waals surface area contributed by atoms with Gasteiger partial charge in [-0.1, -0.05) is 121 Å². The van der Waals surface area contributed by atoms with Gasteiger partial charge in [0.2, 0.25) is 0 Å². The van der Waals surface area contributed by atoms with Crippen LogP contribution in [0.15, 0.2) is 167 Å². The lowest BCUT2D eigenvalue weighted by molar-refractivity contribution is 0.671. The van der Waals surface area contributed by atoms with Crippen LogP contribution < -0.4 is 0 Å². The third kappa shape index (κ3) is 6.08. The van der Waals surface area contributed by atoms with E-state index in [2.05, 4.69) is 90.6 Å². The van der Waals surface area contributed by atoms with Gasteiger partial charge < -0.3 is 4.42 Å². The largest absolute Gasteiger partial charge is 0.455 e. The predicted molar refractivity (Wildman–Crippen MR) is 211 cm³/mol. The highest BCUT2D eigenvalue weighted by molar-refractivity contribution is 6.13. The Hall–Kier alpha value is -7.23. The summed E-state index contributed by atoms with van der Waals surface area (Å²) in [6.07, 6.45) is 5.79. The van der Waals surface area contributed by atoms with Crippen molar-refractivity contribution in [3.05, 3.63) is 169 Å². The van der Waals surface area contributed by atoms with Crippen molar-refractivity contribution in [1.29, 1.82) is 5.26 Å². The maximum atomic E-state index is 9.33. The molecule has 6 aromatic carbocycles. The molecule has 52 heavy (non-hydrogen) atoms. The highest BCUT2D eigenvalue weighted by atomic mass is 16.3. The van der Waals surface area contributed by atoms with Gasteiger partial charge in [-0.3, -0.25) is 4.99 Å². The molecule has 8 rings (SSSR count). The van der Waals surface area contributed by atoms with Crippen LogP contribution in [0.2, 0.25) is 0 Å². The van der Waals surface area contributed by atoms with Crippen LogP contribution in [0.4, 0.5) is 0 Å². The van der Waals surface area contributed by atoms with Crippen molar-refractivity contribution in [2.45, 2.75) is 6.92 Å². The van der Waals surface area contributed by atoms with Crippen LogP contribution in [-0.4, -0.2) is 21.7 Å². The molecule has 0 aliphatic heterocycles. The molecule has 0 unspecified atom stereocenters. The summed E-state index contributed by atoms with van der Waals surface area (Å²) in [7, 11) is 0. The van der Waals surface area contributed by atoms with Gasteiger partial charge in [0.15, 0.2) is 17.5 Å². The van der Waals surface area contributed by atoms with Gasteiger partial charge in [-0.25, -0.2) is 15.0 Å². The summed E-state index contributed by atoms with van der Waals surface area (Å²) >= 11 is 0. The summed E-state index contributed by atoms with van der Waals surface area (Å²) in [5.74, 6) is 1.65. The van der Waals surface area contributed by atoms with Crippen LogP contribution in [0, 0.1) is 11.3 Å². The molecule has 6 heteroatoms. The van der Waals surface area contributed by atoms with E-state index in [4.69, 9.17) is 19.4 Å². The molecule has 0 spiro atoms. The molecule has 2 heterocycles. The van der Waals surface area contributed by atoms with E-state index in [9.17, 15) is 5.26 Å². The molecule has 0 atom stereocenters. The lowest BCUT2D eigenvalue weighted by atomic mass is 9.98. The summed E-state index contributed by atoms with van der Waals surface area (Å²) in [6.45, 7) is 5.61. The van der Waals surface area contributed by atoms with Crippen LogP contribution in [0.3, 0.4) is 0 Å². The molecule has 0 N–H and O–H groups in total. The number of hydrogen-bond donors (Lipinski definition) is 0. The van der Waals surface area contributed by atoms with Gasteiger partial charge in [0, 0.05) is 44.8 Å². The molecule has 0 bridgehead atoms. The van der Waals surface area contributed by atoms with Gasteiger partial charge in [-0.05, 0) is 66.2 Å². The van der Waals surface area contributed by atoms with E-state index < -0.39 is 0 Å². The number of furan rings is 1. The lowest BCUT2D eigenvalue weighted by Crippen LogP contribution is -2.00. The number of benzene rings is 6. The predicted octanol–water partition coefficient (Wildman–Crippen LogP) is 11.6. The molecule has 0 fully saturated rings. The minimum atomic E-state index is 0.533. The third-order valence-electron chi connectivity index (χ3n) is 9.00. The second-order valence-corrected chi connectivity index (χ2v) is 12.3. The summed E-state index contributed by atoms with van der Waals surface area (Å²) in [5, 5.41) is 11.4. The van der Waals surface area contributed by atoms with Crippen molar-refractivity contribution < 1.29 is 4.42 Å². The molecule has 8 aromatic rings. The fourth-order valence-electron chi connectivity index (χ4n) is 6.48. The van der Waals surface area contributed by atoms with Crippen LogP contribution in [0.25, 0.3) is 83.9 Å². The maximum Gasteiger partial charge on any atom is 0.164 e. The van der Waals surface area contributed by atoms with Crippen LogP contribution >= 0.6 is 0 Å². The first-order valence-corrected chi connectivity index (χ1v) is 16.9. The normalized spacial score (nSPS) is 11.7. The summed E-state index contributed by atoms with van der Waals surface area (Å²) in [6, 6.07) is 48.6. The average Bonchev–Trinajstić information content (AvgIpc) is 3.60. The first kappa shape index (κ1) is 32.0. The minimum absolute atomic E-state index is 0.533. The average molecular weight is 670 g/mol. The Labute approximate surface area is 301 Å². The highest BCUT2D eigenvalue weighted by Gasteiger charge is 2.17. The molecule has 2 aromatic heterocycles. The Balaban J connectivity index is 1.22. The fourth-order valence-corrected chi connectivity index (χ4v) is 6.48. The Morgan fingerprint density at radius 2 is 1.15 bits per heavy atom. The van der Waals surface area contributed by atoms with Crippen LogP contribution in [0.1, 0.15) is 18.1 Å². The molecule has 0 amide bonds. The molecule has 0 saturated heterocycles. The zero-order valence-corrected chi connectivity index (χ0v) is 28.4. The number of fused-ring (bicyclic) bond motifs is 3. The van der Waals surface area contributed by atoms with Crippen molar-refractivity contribution in [3.8, 4) is 62.5 Å². The minimum Gasteiger partial charge on any atom is -0.455 e. The SMILES string of the molecule is C=N/C=C(\C=C/C)c1ccc(-c2cccc3c2oc2c(-c4cccc(-c5nc(-c6ccccc6)nc(-c6ccc(C#N)cc6)n5)c4)cccc23)cc1. The number of aliphatic imine (C=N–C) groups is 1. The monoisotopic (exact) mass is 669 g/mol. The quantitative estimate of drug-likeness (QED) is 0.119. The van der Waals surface area contributed by atoms with Gasteiger partial charge in [-0.15, -0.1) is 0 Å². The molecule has 0 aliphatic rings. The van der Waals surface area contributed by atoms with Crippen molar-refractivity contribution >= 4 is 34.2 Å². The van der Waals surface area contributed by atoms with Gasteiger partial charge in [0.25, 0.3) is 0 Å². The second-order valence-electron chi connectivity index (χ2n) is 12.3. The highest BCUT2D eigenvalue weighted by Crippen LogP contribution is 2.40. The number of nitrogens with zero attached hydrogens (tertiary/aromatic N) is 5. The third-order valence-corrected chi connectivity index (χ3v) is 9.00. The maximum absolute atomic E-state index is 9.33. The zero-order valence-electron chi connectivity index (χ0n) is 28.4. The molecule has 6 nitrogen and oxygen atoms in total. The van der Waals surface area contributed by atoms with Gasteiger partial charge in [-0.2, -0.15) is 5.26 Å². The first-order chi connectivity index (χ1) is 25.6. The number of hydrogen-bond acceptors (Lipinski definition) is 6. The molecule has 0 aliphatic carbocycles. The number of aromatic nitrogens is 3. The van der Waals surface area contributed by atoms with Crippen molar-refractivity contribution in [2.24, 2.45) is 4.99 Å². The van der Waals surface area contributed by atoms with Crippen LogP contribution in [-0.2, 0) is 0 Å². The van der Waals surface area contributed by atoms with E-state index in [1.807, 2.05) is 73.7 Å². The standard InChI is InChI=1S/C46H31N5O/c1-3-10-37(29-48-2)31-23-25-32(26-24-31)38-15-8-17-40-41-18-9-16-39(43(41)52-42(38)40)35-13-7-14-36(27-35)46-50-44(33-11-5-4-6-12-33)49-45(51-46)34-21-19-30(28-47)20-22-34/h3-27,29H,2H2,1H3/b10-3-,37-29+. The lowest BCUT2D eigenvalue weighted by Gasteiger charge is -2.10. The van der Waals surface area contributed by atoms with Gasteiger partial charge in [0.1, 0.15) is 11.2 Å². The summed E-state index contributed by atoms with van der Waals surface area (Å²) in [5.41, 5.74) is 10.9. The number of rotatable bonds is 8. The number of nitriles is 1. The van der Waals surface area contributed by atoms with Crippen molar-refractivity contribution in [1.82, 2.24) is 15.0 Å². The molecular weight excluding hydrogens is 639 g/mol. The van der Waals surface area contributed by atoms with E-state index in [0.29, 0.717) is 23.0 Å². The Kier molecular flexibility index (Phi) is 8.58. The Morgan fingerprint density at radius 1 is 0.615 bits per heavy atom. The van der Waals surface area contributed by atoms with E-state index in [0.717, 1.165) is 72.0 Å². The summed E-state index contributed by atoms with van der Waals surface area (Å²) in [4.78, 5) is 18.7. The van der Waals surface area contributed by atoms with Gasteiger partial charge >= 0.3 is 0 Å². The topological polar surface area (TPSA) is 88.0 Å². The molecule has 246 valence electrons. The van der Waals surface area contributed by atoms with Crippen LogP contribution in [0.5, 0.6) is 0 Å². The molecule has 0 radical (unpaired) electrons. The molecule has 0 saturated carbocycles. The Bertz CT molecular complexity index is 2700. The Morgan fingerprint density at radius 3 is 1.77 bits per heavy atom. The number of para-hydroxylation sites is 2. The fraction of sp³-hybridized carbons (Fsp3) is 0.0217. The second kappa shape index (κ2) is 13.9. The van der Waals surface area contributed by atoms with E-state index in [-0.39, 0.29) is 0 Å². The van der Waals surface area contributed by atoms with Crippen molar-refractivity contribution in [3.63, 3.8) is 0 Å². The zero-order chi connectivity index (χ0) is 35.4. The van der Waals surface area contributed by atoms with E-state index >= 15 is 0 Å². The van der Waals surface area contributed by atoms with E-state index in [1.54, 1.807) is 18.3 Å². The smallest absolute Gasteiger partial charge is 0.164 e. The first-order valence-electron chi connectivity index (χ1n) is 16.9. The summed E-state index contributed by atoms with van der Waals surface area (Å²) < 4.78 is 6.79.